The summed E-state index contributed by atoms with van der Waals surface area (Å²) in [5.74, 6) is 0. The fraction of sp³-hybridized carbons (Fsp3) is 0.583. The van der Waals surface area contributed by atoms with Gasteiger partial charge in [-0.15, -0.1) is 11.3 Å². The van der Waals surface area contributed by atoms with Gasteiger partial charge < -0.3 is 15.5 Å². The second-order valence-electron chi connectivity index (χ2n) is 4.64. The summed E-state index contributed by atoms with van der Waals surface area (Å²) >= 11 is 1.71. The smallest absolute Gasteiger partial charge is 0.320 e. The Hall–Kier alpha value is -1.07. The van der Waals surface area contributed by atoms with Gasteiger partial charge in [0, 0.05) is 31.1 Å². The second-order valence-corrected chi connectivity index (χ2v) is 5.62. The first kappa shape index (κ1) is 12.4. The molecule has 2 N–H and O–H groups in total. The molecule has 2 amide bonds. The molecule has 1 saturated heterocycles. The van der Waals surface area contributed by atoms with Gasteiger partial charge in [-0.25, -0.2) is 4.79 Å². The first-order chi connectivity index (χ1) is 8.09. The first-order valence-electron chi connectivity index (χ1n) is 5.90. The molecule has 1 aromatic heterocycles. The van der Waals surface area contributed by atoms with Crippen LogP contribution in [0.5, 0.6) is 0 Å². The molecule has 94 valence electrons. The minimum atomic E-state index is 0.115. The zero-order valence-corrected chi connectivity index (χ0v) is 11.1. The standard InChI is InChI=1S/C12H19N3OS/c1-9(13)5-6-15-8-10(14(2)12(15)16)11-4-3-7-17-11/h3-4,7,9-10H,5-6,8,13H2,1-2H3. The van der Waals surface area contributed by atoms with E-state index >= 15 is 0 Å². The van der Waals surface area contributed by atoms with Crippen molar-refractivity contribution in [2.75, 3.05) is 20.1 Å². The number of likely N-dealkylation sites (N-methyl/N-ethyl adjacent to an activating group) is 1. The number of hydrogen-bond donors (Lipinski definition) is 1. The summed E-state index contributed by atoms with van der Waals surface area (Å²) in [5, 5.41) is 2.05. The number of carbonyl (C=O) groups excluding carboxylic acids is 1. The van der Waals surface area contributed by atoms with Gasteiger partial charge in [0.25, 0.3) is 0 Å². The van der Waals surface area contributed by atoms with Crippen molar-refractivity contribution in [3.63, 3.8) is 0 Å². The van der Waals surface area contributed by atoms with Crippen molar-refractivity contribution >= 4 is 17.4 Å². The number of amides is 2. The van der Waals surface area contributed by atoms with Crippen molar-refractivity contribution in [1.82, 2.24) is 9.80 Å². The molecule has 0 spiro atoms. The Balaban J connectivity index is 2.02. The monoisotopic (exact) mass is 253 g/mol. The third-order valence-corrected chi connectivity index (χ3v) is 4.13. The lowest BCUT2D eigenvalue weighted by Gasteiger charge is -2.16. The average molecular weight is 253 g/mol. The largest absolute Gasteiger partial charge is 0.328 e. The van der Waals surface area contributed by atoms with Gasteiger partial charge in [-0.05, 0) is 24.8 Å². The van der Waals surface area contributed by atoms with E-state index in [1.54, 1.807) is 11.3 Å². The normalized spacial score (nSPS) is 22.3. The summed E-state index contributed by atoms with van der Waals surface area (Å²) in [6.45, 7) is 3.51. The van der Waals surface area contributed by atoms with Crippen LogP contribution < -0.4 is 5.73 Å². The van der Waals surface area contributed by atoms with Crippen molar-refractivity contribution in [1.29, 1.82) is 0 Å². The van der Waals surface area contributed by atoms with Crippen molar-refractivity contribution in [3.05, 3.63) is 22.4 Å². The van der Waals surface area contributed by atoms with Crippen LogP contribution in [-0.2, 0) is 0 Å². The van der Waals surface area contributed by atoms with Crippen LogP contribution in [-0.4, -0.2) is 42.0 Å². The predicted octanol–water partition coefficient (Wildman–Crippen LogP) is 1.89. The Morgan fingerprint density at radius 2 is 2.41 bits per heavy atom. The van der Waals surface area contributed by atoms with Crippen molar-refractivity contribution in [3.8, 4) is 0 Å². The highest BCUT2D eigenvalue weighted by molar-refractivity contribution is 7.10. The summed E-state index contributed by atoms with van der Waals surface area (Å²) in [6.07, 6.45) is 0.858. The molecular formula is C12H19N3OS. The van der Waals surface area contributed by atoms with Crippen LogP contribution in [0.4, 0.5) is 4.79 Å². The van der Waals surface area contributed by atoms with E-state index in [1.807, 2.05) is 29.8 Å². The molecule has 2 heterocycles. The van der Waals surface area contributed by atoms with Gasteiger partial charge in [0.2, 0.25) is 0 Å². The Labute approximate surface area is 106 Å². The number of thiophene rings is 1. The minimum absolute atomic E-state index is 0.115. The molecular weight excluding hydrogens is 234 g/mol. The number of carbonyl (C=O) groups is 1. The van der Waals surface area contributed by atoms with Gasteiger partial charge in [0.15, 0.2) is 0 Å². The van der Waals surface area contributed by atoms with E-state index in [4.69, 9.17) is 5.73 Å². The van der Waals surface area contributed by atoms with Crippen molar-refractivity contribution in [2.45, 2.75) is 25.4 Å². The lowest BCUT2D eigenvalue weighted by molar-refractivity contribution is 0.195. The zero-order chi connectivity index (χ0) is 12.4. The maximum atomic E-state index is 12.0. The number of hydrogen-bond acceptors (Lipinski definition) is 3. The van der Waals surface area contributed by atoms with E-state index in [0.29, 0.717) is 0 Å². The summed E-state index contributed by atoms with van der Waals surface area (Å²) < 4.78 is 0. The summed E-state index contributed by atoms with van der Waals surface area (Å²) in [7, 11) is 1.87. The lowest BCUT2D eigenvalue weighted by Crippen LogP contribution is -2.32. The summed E-state index contributed by atoms with van der Waals surface area (Å²) in [6, 6.07) is 4.59. The summed E-state index contributed by atoms with van der Waals surface area (Å²) in [5.41, 5.74) is 5.73. The third-order valence-electron chi connectivity index (χ3n) is 3.16. The van der Waals surface area contributed by atoms with Crippen LogP contribution in [0.25, 0.3) is 0 Å². The molecule has 1 aliphatic rings. The van der Waals surface area contributed by atoms with E-state index in [9.17, 15) is 4.79 Å². The van der Waals surface area contributed by atoms with E-state index in [-0.39, 0.29) is 18.1 Å². The van der Waals surface area contributed by atoms with E-state index in [0.717, 1.165) is 19.5 Å². The van der Waals surface area contributed by atoms with Crippen LogP contribution >= 0.6 is 11.3 Å². The topological polar surface area (TPSA) is 49.6 Å². The molecule has 2 rings (SSSR count). The average Bonchev–Trinajstić information content (AvgIpc) is 2.88. The van der Waals surface area contributed by atoms with Crippen LogP contribution in [0.1, 0.15) is 24.3 Å². The lowest BCUT2D eigenvalue weighted by atomic mass is 10.2. The Morgan fingerprint density at radius 3 is 3.00 bits per heavy atom. The molecule has 0 saturated carbocycles. The van der Waals surface area contributed by atoms with E-state index in [1.165, 1.54) is 4.88 Å². The molecule has 2 unspecified atom stereocenters. The van der Waals surface area contributed by atoms with Crippen molar-refractivity contribution in [2.24, 2.45) is 5.73 Å². The third kappa shape index (κ3) is 2.61. The molecule has 2 atom stereocenters. The second kappa shape index (κ2) is 5.06. The summed E-state index contributed by atoms with van der Waals surface area (Å²) in [4.78, 5) is 17.0. The molecule has 1 aliphatic heterocycles. The number of nitrogens with zero attached hydrogens (tertiary/aromatic N) is 2. The highest BCUT2D eigenvalue weighted by Gasteiger charge is 2.35. The Kier molecular flexibility index (Phi) is 3.69. The SMILES string of the molecule is CC(N)CCN1CC(c2cccs2)N(C)C1=O. The molecule has 0 aromatic carbocycles. The van der Waals surface area contributed by atoms with Crippen LogP contribution in [0.2, 0.25) is 0 Å². The van der Waals surface area contributed by atoms with Gasteiger partial charge in [-0.2, -0.15) is 0 Å². The molecule has 4 nitrogen and oxygen atoms in total. The van der Waals surface area contributed by atoms with E-state index < -0.39 is 0 Å². The van der Waals surface area contributed by atoms with Gasteiger partial charge in [0.05, 0.1) is 6.04 Å². The number of rotatable bonds is 4. The van der Waals surface area contributed by atoms with Gasteiger partial charge in [0.1, 0.15) is 0 Å². The molecule has 0 aliphatic carbocycles. The number of urea groups is 1. The molecule has 17 heavy (non-hydrogen) atoms. The van der Waals surface area contributed by atoms with Gasteiger partial charge in [-0.1, -0.05) is 6.07 Å². The maximum Gasteiger partial charge on any atom is 0.320 e. The Bertz CT molecular complexity index is 377. The molecule has 1 aromatic rings. The fourth-order valence-electron chi connectivity index (χ4n) is 2.07. The highest BCUT2D eigenvalue weighted by Crippen LogP contribution is 2.30. The fourth-order valence-corrected chi connectivity index (χ4v) is 2.93. The Morgan fingerprint density at radius 1 is 1.65 bits per heavy atom. The maximum absolute atomic E-state index is 12.0. The first-order valence-corrected chi connectivity index (χ1v) is 6.78. The van der Waals surface area contributed by atoms with Gasteiger partial charge >= 0.3 is 6.03 Å². The van der Waals surface area contributed by atoms with Gasteiger partial charge in [-0.3, -0.25) is 0 Å². The van der Waals surface area contributed by atoms with Crippen LogP contribution in [0.3, 0.4) is 0 Å². The zero-order valence-electron chi connectivity index (χ0n) is 10.3. The quantitative estimate of drug-likeness (QED) is 0.891. The molecule has 0 radical (unpaired) electrons. The van der Waals surface area contributed by atoms with Crippen molar-refractivity contribution < 1.29 is 4.79 Å². The predicted molar refractivity (Wildman–Crippen MR) is 70.1 cm³/mol. The molecule has 5 heteroatoms. The van der Waals surface area contributed by atoms with Crippen LogP contribution in [0.15, 0.2) is 17.5 Å². The van der Waals surface area contributed by atoms with Crippen LogP contribution in [0, 0.1) is 0 Å². The molecule has 0 bridgehead atoms. The minimum Gasteiger partial charge on any atom is -0.328 e. The number of nitrogens with two attached hydrogens (primary N) is 1. The van der Waals surface area contributed by atoms with E-state index in [2.05, 4.69) is 11.4 Å². The highest BCUT2D eigenvalue weighted by atomic mass is 32.1. The molecule has 1 fully saturated rings.